The number of piperidine rings is 1. The zero-order valence-corrected chi connectivity index (χ0v) is 21.8. The number of nitrogens with one attached hydrogen (secondary N) is 2. The van der Waals surface area contributed by atoms with Gasteiger partial charge in [-0.25, -0.2) is 4.79 Å². The van der Waals surface area contributed by atoms with E-state index < -0.39 is 0 Å². The maximum absolute atomic E-state index is 11.9. The number of guanidine groups is 1. The quantitative estimate of drug-likeness (QED) is 0.304. The van der Waals surface area contributed by atoms with Gasteiger partial charge in [-0.2, -0.15) is 0 Å². The summed E-state index contributed by atoms with van der Waals surface area (Å²) >= 11 is 0. The van der Waals surface area contributed by atoms with Crippen molar-refractivity contribution >= 4 is 36.0 Å². The number of amides is 1. The lowest BCUT2D eigenvalue weighted by Gasteiger charge is -2.33. The van der Waals surface area contributed by atoms with E-state index in [-0.39, 0.29) is 36.1 Å². The number of hydrogen-bond acceptors (Lipinski definition) is 5. The van der Waals surface area contributed by atoms with Crippen LogP contribution in [-0.4, -0.2) is 81.4 Å². The Kier molecular flexibility index (Phi) is 11.4. The number of rotatable bonds is 7. The summed E-state index contributed by atoms with van der Waals surface area (Å²) in [6.07, 6.45) is 4.03. The number of nitrogens with zero attached hydrogens (tertiary/aromatic N) is 3. The molecule has 0 saturated carbocycles. The second kappa shape index (κ2) is 13.7. The molecule has 2 saturated heterocycles. The van der Waals surface area contributed by atoms with Crippen LogP contribution in [0.1, 0.15) is 44.2 Å². The van der Waals surface area contributed by atoms with Gasteiger partial charge in [-0.05, 0) is 63.4 Å². The van der Waals surface area contributed by atoms with Gasteiger partial charge in [0.25, 0.3) is 0 Å². The maximum Gasteiger partial charge on any atom is 0.409 e. The summed E-state index contributed by atoms with van der Waals surface area (Å²) in [7, 11) is 3.51. The molecule has 1 unspecified atom stereocenters. The Morgan fingerprint density at radius 1 is 1.22 bits per heavy atom. The van der Waals surface area contributed by atoms with Crippen molar-refractivity contribution in [2.75, 3.05) is 53.5 Å². The van der Waals surface area contributed by atoms with E-state index in [0.29, 0.717) is 25.7 Å². The molecule has 2 heterocycles. The highest BCUT2D eigenvalue weighted by molar-refractivity contribution is 14.0. The van der Waals surface area contributed by atoms with Gasteiger partial charge >= 0.3 is 6.09 Å². The number of methoxy groups -OCH3 is 1. The fourth-order valence-corrected chi connectivity index (χ4v) is 4.36. The number of ether oxygens (including phenoxy) is 2. The first kappa shape index (κ1) is 26.5. The predicted molar refractivity (Wildman–Crippen MR) is 138 cm³/mol. The summed E-state index contributed by atoms with van der Waals surface area (Å²) in [5.74, 6) is 1.69. The van der Waals surface area contributed by atoms with E-state index in [1.54, 1.807) is 19.1 Å². The van der Waals surface area contributed by atoms with E-state index in [1.807, 2.05) is 13.0 Å². The Morgan fingerprint density at radius 3 is 2.56 bits per heavy atom. The van der Waals surface area contributed by atoms with Gasteiger partial charge < -0.3 is 25.0 Å². The lowest BCUT2D eigenvalue weighted by Crippen LogP contribution is -2.51. The van der Waals surface area contributed by atoms with Crippen LogP contribution in [0, 0.1) is 0 Å². The smallest absolute Gasteiger partial charge is 0.409 e. The first-order valence-corrected chi connectivity index (χ1v) is 11.4. The lowest BCUT2D eigenvalue weighted by molar-refractivity contribution is 0.0963. The molecule has 1 aromatic rings. The zero-order valence-electron chi connectivity index (χ0n) is 19.5. The summed E-state index contributed by atoms with van der Waals surface area (Å²) in [6.45, 7) is 6.65. The Balaban J connectivity index is 0.00000363. The Labute approximate surface area is 209 Å². The van der Waals surface area contributed by atoms with Crippen LogP contribution in [0.5, 0.6) is 5.75 Å². The van der Waals surface area contributed by atoms with Crippen molar-refractivity contribution in [3.63, 3.8) is 0 Å². The fourth-order valence-electron chi connectivity index (χ4n) is 4.36. The average Bonchev–Trinajstić information content (AvgIpc) is 3.33. The first-order valence-electron chi connectivity index (χ1n) is 11.4. The van der Waals surface area contributed by atoms with Crippen LogP contribution in [0.25, 0.3) is 0 Å². The minimum Gasteiger partial charge on any atom is -0.497 e. The van der Waals surface area contributed by atoms with E-state index in [2.05, 4.69) is 38.7 Å². The Bertz CT molecular complexity index is 734. The highest BCUT2D eigenvalue weighted by atomic mass is 127. The standard InChI is InChI=1S/C23H37N5O3.HI/c1-4-31-23(29)28-14-10-19(11-15-28)26-22(24-2)25-17-21(27-12-5-6-13-27)18-8-7-9-20(16-18)30-3;/h7-9,16,19,21H,4-6,10-15,17H2,1-3H3,(H2,24,25,26);1H. The van der Waals surface area contributed by atoms with Gasteiger partial charge in [-0.3, -0.25) is 9.89 Å². The number of benzene rings is 1. The van der Waals surface area contributed by atoms with Crippen molar-refractivity contribution < 1.29 is 14.3 Å². The molecule has 0 aromatic heterocycles. The number of aliphatic imine (C=N–C) groups is 1. The molecule has 180 valence electrons. The minimum atomic E-state index is -0.213. The molecule has 2 N–H and O–H groups in total. The van der Waals surface area contributed by atoms with Crippen molar-refractivity contribution in [2.45, 2.75) is 44.7 Å². The van der Waals surface area contributed by atoms with Crippen molar-refractivity contribution in [1.29, 1.82) is 0 Å². The van der Waals surface area contributed by atoms with E-state index in [4.69, 9.17) is 9.47 Å². The molecule has 0 radical (unpaired) electrons. The van der Waals surface area contributed by atoms with Crippen molar-refractivity contribution in [1.82, 2.24) is 20.4 Å². The van der Waals surface area contributed by atoms with E-state index in [0.717, 1.165) is 44.2 Å². The molecule has 9 heteroatoms. The molecular formula is C23H38IN5O3. The van der Waals surface area contributed by atoms with Crippen molar-refractivity contribution in [2.24, 2.45) is 4.99 Å². The summed E-state index contributed by atoms with van der Waals surface area (Å²) < 4.78 is 10.6. The SMILES string of the molecule is CCOC(=O)N1CCC(NC(=NC)NCC(c2cccc(OC)c2)N2CCCC2)CC1.I. The monoisotopic (exact) mass is 559 g/mol. The van der Waals surface area contributed by atoms with Gasteiger partial charge in [0.2, 0.25) is 0 Å². The summed E-state index contributed by atoms with van der Waals surface area (Å²) in [6, 6.07) is 8.91. The second-order valence-corrected chi connectivity index (χ2v) is 8.09. The highest BCUT2D eigenvalue weighted by Gasteiger charge is 2.26. The molecule has 0 spiro atoms. The molecule has 0 aliphatic carbocycles. The van der Waals surface area contributed by atoms with Gasteiger partial charge in [-0.1, -0.05) is 12.1 Å². The number of carbonyl (C=O) groups is 1. The fraction of sp³-hybridized carbons (Fsp3) is 0.652. The third-order valence-corrected chi connectivity index (χ3v) is 6.11. The third-order valence-electron chi connectivity index (χ3n) is 6.11. The molecule has 1 atom stereocenters. The van der Waals surface area contributed by atoms with Crippen LogP contribution in [0.15, 0.2) is 29.3 Å². The Hall–Kier alpha value is -1.75. The molecule has 0 bridgehead atoms. The van der Waals surface area contributed by atoms with Crippen LogP contribution in [0.2, 0.25) is 0 Å². The zero-order chi connectivity index (χ0) is 22.1. The molecule has 2 fully saturated rings. The number of hydrogen-bond donors (Lipinski definition) is 2. The summed E-state index contributed by atoms with van der Waals surface area (Å²) in [5, 5.41) is 7.07. The molecule has 2 aliphatic heterocycles. The highest BCUT2D eigenvalue weighted by Crippen LogP contribution is 2.27. The van der Waals surface area contributed by atoms with Crippen LogP contribution < -0.4 is 15.4 Å². The van der Waals surface area contributed by atoms with Crippen molar-refractivity contribution in [3.05, 3.63) is 29.8 Å². The number of halogens is 1. The van der Waals surface area contributed by atoms with E-state index in [1.165, 1.54) is 18.4 Å². The molecule has 1 aromatic carbocycles. The average molecular weight is 559 g/mol. The minimum absolute atomic E-state index is 0. The number of likely N-dealkylation sites (tertiary alicyclic amines) is 2. The van der Waals surface area contributed by atoms with Gasteiger partial charge in [0.05, 0.1) is 19.8 Å². The molecule has 32 heavy (non-hydrogen) atoms. The van der Waals surface area contributed by atoms with Gasteiger partial charge in [0, 0.05) is 32.7 Å². The molecule has 8 nitrogen and oxygen atoms in total. The lowest BCUT2D eigenvalue weighted by atomic mass is 10.0. The first-order chi connectivity index (χ1) is 15.1. The largest absolute Gasteiger partial charge is 0.497 e. The normalized spacial score (nSPS) is 18.6. The van der Waals surface area contributed by atoms with E-state index in [9.17, 15) is 4.79 Å². The topological polar surface area (TPSA) is 78.4 Å². The third kappa shape index (κ3) is 7.40. The van der Waals surface area contributed by atoms with Crippen LogP contribution in [0.3, 0.4) is 0 Å². The maximum atomic E-state index is 11.9. The van der Waals surface area contributed by atoms with Crippen LogP contribution in [-0.2, 0) is 4.74 Å². The molecular weight excluding hydrogens is 521 g/mol. The van der Waals surface area contributed by atoms with Gasteiger partial charge in [0.15, 0.2) is 5.96 Å². The van der Waals surface area contributed by atoms with Crippen LogP contribution >= 0.6 is 24.0 Å². The molecule has 3 rings (SSSR count). The van der Waals surface area contributed by atoms with Crippen LogP contribution in [0.4, 0.5) is 4.79 Å². The summed E-state index contributed by atoms with van der Waals surface area (Å²) in [5.41, 5.74) is 1.26. The van der Waals surface area contributed by atoms with Gasteiger partial charge in [0.1, 0.15) is 5.75 Å². The molecule has 2 aliphatic rings. The van der Waals surface area contributed by atoms with Crippen molar-refractivity contribution in [3.8, 4) is 5.75 Å². The van der Waals surface area contributed by atoms with Gasteiger partial charge in [-0.15, -0.1) is 24.0 Å². The molecule has 1 amide bonds. The number of carbonyl (C=O) groups excluding carboxylic acids is 1. The second-order valence-electron chi connectivity index (χ2n) is 8.09. The predicted octanol–water partition coefficient (Wildman–Crippen LogP) is 3.24. The Morgan fingerprint density at radius 2 is 1.94 bits per heavy atom. The van der Waals surface area contributed by atoms with E-state index >= 15 is 0 Å². The summed E-state index contributed by atoms with van der Waals surface area (Å²) in [4.78, 5) is 20.7.